The van der Waals surface area contributed by atoms with Crippen molar-refractivity contribution in [3.63, 3.8) is 0 Å². The van der Waals surface area contributed by atoms with Gasteiger partial charge in [-0.1, -0.05) is 104 Å². The molecule has 0 heterocycles. The van der Waals surface area contributed by atoms with E-state index in [0.29, 0.717) is 0 Å². The van der Waals surface area contributed by atoms with Crippen LogP contribution in [-0.4, -0.2) is 0 Å². The van der Waals surface area contributed by atoms with E-state index in [0.717, 1.165) is 23.7 Å². The molecule has 24 heavy (non-hydrogen) atoms. The fourth-order valence-corrected chi connectivity index (χ4v) is 5.62. The van der Waals surface area contributed by atoms with Crippen LogP contribution < -0.4 is 0 Å². The molecule has 0 aliphatic heterocycles. The Labute approximate surface area is 153 Å². The van der Waals surface area contributed by atoms with E-state index in [1.807, 2.05) is 0 Å². The summed E-state index contributed by atoms with van der Waals surface area (Å²) in [6.45, 7) is 4.65. The highest BCUT2D eigenvalue weighted by molar-refractivity contribution is 4.82. The average Bonchev–Trinajstić information content (AvgIpc) is 2.63. The van der Waals surface area contributed by atoms with E-state index in [1.165, 1.54) is 57.8 Å². The van der Waals surface area contributed by atoms with Crippen LogP contribution in [0.4, 0.5) is 0 Å². The molecule has 0 amide bonds. The molecule has 0 aromatic heterocycles. The Morgan fingerprint density at radius 1 is 0.458 bits per heavy atom. The molecule has 142 valence electrons. The van der Waals surface area contributed by atoms with Gasteiger partial charge in [0.15, 0.2) is 0 Å². The number of hydrogen-bond acceptors (Lipinski definition) is 0. The molecule has 2 rings (SSSR count). The second-order valence-corrected chi connectivity index (χ2v) is 9.26. The van der Waals surface area contributed by atoms with Crippen molar-refractivity contribution >= 4 is 0 Å². The van der Waals surface area contributed by atoms with Crippen LogP contribution in [0.1, 0.15) is 129 Å². The lowest BCUT2D eigenvalue weighted by molar-refractivity contribution is 0.139. The molecule has 0 spiro atoms. The van der Waals surface area contributed by atoms with Gasteiger partial charge in [0.2, 0.25) is 0 Å². The van der Waals surface area contributed by atoms with Crippen molar-refractivity contribution < 1.29 is 0 Å². The Balaban J connectivity index is 1.53. The smallest absolute Gasteiger partial charge is 0.0386 e. The molecular weight excluding hydrogens is 288 g/mol. The van der Waals surface area contributed by atoms with E-state index in [-0.39, 0.29) is 0 Å². The van der Waals surface area contributed by atoms with Gasteiger partial charge in [-0.15, -0.1) is 0 Å². The summed E-state index contributed by atoms with van der Waals surface area (Å²) in [7, 11) is 0. The molecule has 0 unspecified atom stereocenters. The molecule has 0 bridgehead atoms. The zero-order chi connectivity index (χ0) is 17.0. The number of unbranched alkanes of at least 4 members (excludes halogenated alkanes) is 6. The van der Waals surface area contributed by atoms with Gasteiger partial charge in [-0.3, -0.25) is 0 Å². The zero-order valence-corrected chi connectivity index (χ0v) is 17.0. The molecule has 2 saturated carbocycles. The van der Waals surface area contributed by atoms with Gasteiger partial charge in [-0.2, -0.15) is 0 Å². The van der Waals surface area contributed by atoms with E-state index in [1.54, 1.807) is 57.8 Å². The third-order valence-electron chi connectivity index (χ3n) is 7.38. The Morgan fingerprint density at radius 3 is 1.29 bits per heavy atom. The first-order valence-electron chi connectivity index (χ1n) is 11.8. The summed E-state index contributed by atoms with van der Waals surface area (Å²) >= 11 is 0. The summed E-state index contributed by atoms with van der Waals surface area (Å²) in [6, 6.07) is 0. The monoisotopic (exact) mass is 334 g/mol. The van der Waals surface area contributed by atoms with Gasteiger partial charge in [-0.25, -0.2) is 0 Å². The maximum absolute atomic E-state index is 2.33. The van der Waals surface area contributed by atoms with Crippen LogP contribution in [-0.2, 0) is 0 Å². The van der Waals surface area contributed by atoms with Crippen LogP contribution >= 0.6 is 0 Å². The van der Waals surface area contributed by atoms with Crippen molar-refractivity contribution in [2.75, 3.05) is 0 Å². The molecule has 2 fully saturated rings. The number of hydrogen-bond donors (Lipinski definition) is 0. The molecular formula is C24H46. The van der Waals surface area contributed by atoms with E-state index in [4.69, 9.17) is 0 Å². The van der Waals surface area contributed by atoms with Gasteiger partial charge < -0.3 is 0 Å². The zero-order valence-electron chi connectivity index (χ0n) is 17.0. The van der Waals surface area contributed by atoms with Crippen molar-refractivity contribution in [2.24, 2.45) is 23.7 Å². The van der Waals surface area contributed by atoms with Crippen molar-refractivity contribution in [3.8, 4) is 0 Å². The van der Waals surface area contributed by atoms with Gasteiger partial charge in [0.1, 0.15) is 0 Å². The summed E-state index contributed by atoms with van der Waals surface area (Å²) in [5.74, 6) is 4.40. The Morgan fingerprint density at radius 2 is 0.833 bits per heavy atom. The molecule has 2 aliphatic rings. The van der Waals surface area contributed by atoms with E-state index < -0.39 is 0 Å². The maximum atomic E-state index is 2.33. The minimum Gasteiger partial charge on any atom is -0.0654 e. The molecule has 0 N–H and O–H groups in total. The Hall–Kier alpha value is 0. The second kappa shape index (κ2) is 12.4. The van der Waals surface area contributed by atoms with Crippen molar-refractivity contribution in [2.45, 2.75) is 129 Å². The molecule has 0 radical (unpaired) electrons. The summed E-state index contributed by atoms with van der Waals surface area (Å²) in [6.07, 6.45) is 27.3. The van der Waals surface area contributed by atoms with Gasteiger partial charge in [0.25, 0.3) is 0 Å². The molecule has 0 heteroatoms. The standard InChI is InChI=1S/C24H46/c1-3-5-7-8-10-12-22-15-19-24(20-16-22)23-17-13-21(14-18-23)11-9-6-4-2/h21-24H,3-20H2,1-2H3. The van der Waals surface area contributed by atoms with Crippen LogP contribution in [0.15, 0.2) is 0 Å². The molecule has 0 aromatic carbocycles. The highest BCUT2D eigenvalue weighted by atomic mass is 14.4. The molecule has 0 saturated heterocycles. The summed E-state index contributed by atoms with van der Waals surface area (Å²) < 4.78 is 0. The first-order valence-corrected chi connectivity index (χ1v) is 11.8. The minimum absolute atomic E-state index is 1.09. The largest absolute Gasteiger partial charge is 0.0654 e. The normalized spacial score (nSPS) is 31.2. The van der Waals surface area contributed by atoms with Crippen molar-refractivity contribution in [3.05, 3.63) is 0 Å². The molecule has 0 nitrogen and oxygen atoms in total. The Bertz CT molecular complexity index is 278. The predicted molar refractivity (Wildman–Crippen MR) is 108 cm³/mol. The van der Waals surface area contributed by atoms with Crippen molar-refractivity contribution in [1.29, 1.82) is 0 Å². The summed E-state index contributed by atoms with van der Waals surface area (Å²) in [5.41, 5.74) is 0. The SMILES string of the molecule is CCCCCCCC1CCC(C2CCC(CCCCC)CC2)CC1. The third kappa shape index (κ3) is 7.49. The maximum Gasteiger partial charge on any atom is -0.0386 e. The van der Waals surface area contributed by atoms with Crippen LogP contribution in [0.2, 0.25) is 0 Å². The highest BCUT2D eigenvalue weighted by Gasteiger charge is 2.30. The second-order valence-electron chi connectivity index (χ2n) is 9.26. The first kappa shape index (κ1) is 20.3. The number of rotatable bonds is 11. The van der Waals surface area contributed by atoms with Crippen molar-refractivity contribution in [1.82, 2.24) is 0 Å². The minimum atomic E-state index is 1.09. The lowest BCUT2D eigenvalue weighted by Crippen LogP contribution is -2.25. The quantitative estimate of drug-likeness (QED) is 0.332. The summed E-state index contributed by atoms with van der Waals surface area (Å²) in [5, 5.41) is 0. The molecule has 0 aromatic rings. The highest BCUT2D eigenvalue weighted by Crippen LogP contribution is 2.43. The molecule has 2 aliphatic carbocycles. The van der Waals surface area contributed by atoms with Crippen LogP contribution in [0.25, 0.3) is 0 Å². The average molecular weight is 335 g/mol. The molecule has 0 atom stereocenters. The third-order valence-corrected chi connectivity index (χ3v) is 7.38. The summed E-state index contributed by atoms with van der Waals surface area (Å²) in [4.78, 5) is 0. The van der Waals surface area contributed by atoms with Crippen LogP contribution in [0.3, 0.4) is 0 Å². The Kier molecular flexibility index (Phi) is 10.5. The lowest BCUT2D eigenvalue weighted by Gasteiger charge is -2.38. The van der Waals surface area contributed by atoms with E-state index in [2.05, 4.69) is 13.8 Å². The van der Waals surface area contributed by atoms with Gasteiger partial charge >= 0.3 is 0 Å². The fraction of sp³-hybridized carbons (Fsp3) is 1.00. The van der Waals surface area contributed by atoms with Crippen LogP contribution in [0, 0.1) is 23.7 Å². The van der Waals surface area contributed by atoms with Gasteiger partial charge in [0.05, 0.1) is 0 Å². The van der Waals surface area contributed by atoms with E-state index >= 15 is 0 Å². The van der Waals surface area contributed by atoms with Gasteiger partial charge in [0, 0.05) is 0 Å². The van der Waals surface area contributed by atoms with Gasteiger partial charge in [-0.05, 0) is 49.4 Å². The van der Waals surface area contributed by atoms with E-state index in [9.17, 15) is 0 Å². The van der Waals surface area contributed by atoms with Crippen LogP contribution in [0.5, 0.6) is 0 Å². The lowest BCUT2D eigenvalue weighted by atomic mass is 9.68. The first-order chi connectivity index (χ1) is 11.8. The topological polar surface area (TPSA) is 0 Å². The predicted octanol–water partition coefficient (Wildman–Crippen LogP) is 8.54. The fourth-order valence-electron chi connectivity index (χ4n) is 5.62.